The summed E-state index contributed by atoms with van der Waals surface area (Å²) in [5.41, 5.74) is 1.68. The number of aryl methyl sites for hydroxylation is 1. The largest absolute Gasteiger partial charge is 0.313 e. The van der Waals surface area contributed by atoms with Gasteiger partial charge >= 0.3 is 4.87 Å². The van der Waals surface area contributed by atoms with Crippen LogP contribution in [0.3, 0.4) is 0 Å². The van der Waals surface area contributed by atoms with Crippen LogP contribution in [0.4, 0.5) is 4.39 Å². The molecule has 0 spiro atoms. The minimum absolute atomic E-state index is 0.234. The quantitative estimate of drug-likeness (QED) is 0.711. The lowest BCUT2D eigenvalue weighted by Gasteiger charge is -2.07. The van der Waals surface area contributed by atoms with Gasteiger partial charge in [-0.3, -0.25) is 4.79 Å². The highest BCUT2D eigenvalue weighted by Gasteiger charge is 2.18. The van der Waals surface area contributed by atoms with Gasteiger partial charge in [-0.05, 0) is 19.1 Å². The molecule has 0 saturated carbocycles. The number of halogens is 1. The van der Waals surface area contributed by atoms with Gasteiger partial charge in [0.15, 0.2) is 15.0 Å². The summed E-state index contributed by atoms with van der Waals surface area (Å²) >= 11 is 2.29. The van der Waals surface area contributed by atoms with E-state index in [1.54, 1.807) is 5.38 Å². The van der Waals surface area contributed by atoms with Gasteiger partial charge in [-0.2, -0.15) is 0 Å². The van der Waals surface area contributed by atoms with E-state index in [1.165, 1.54) is 28.0 Å². The average molecular weight is 370 g/mol. The van der Waals surface area contributed by atoms with E-state index in [9.17, 15) is 17.6 Å². The van der Waals surface area contributed by atoms with Crippen molar-refractivity contribution in [1.82, 2.24) is 9.55 Å². The molecule has 0 fully saturated rings. The highest BCUT2D eigenvalue weighted by molar-refractivity contribution is 7.90. The summed E-state index contributed by atoms with van der Waals surface area (Å²) < 4.78 is 38.5. The van der Waals surface area contributed by atoms with E-state index in [2.05, 4.69) is 4.98 Å². The van der Waals surface area contributed by atoms with E-state index in [-0.39, 0.29) is 9.77 Å². The Morgan fingerprint density at radius 2 is 1.96 bits per heavy atom. The highest BCUT2D eigenvalue weighted by Crippen LogP contribution is 2.27. The van der Waals surface area contributed by atoms with E-state index in [4.69, 9.17) is 0 Å². The summed E-state index contributed by atoms with van der Waals surface area (Å²) in [7, 11) is -3.64. The molecule has 0 radical (unpaired) electrons. The Labute approximate surface area is 139 Å². The molecule has 5 nitrogen and oxygen atoms in total. The lowest BCUT2D eigenvalue weighted by Crippen LogP contribution is -2.11. The lowest BCUT2D eigenvalue weighted by molar-refractivity contribution is 0.571. The molecule has 3 aromatic rings. The Morgan fingerprint density at radius 1 is 1.22 bits per heavy atom. The van der Waals surface area contributed by atoms with Gasteiger partial charge in [0, 0.05) is 22.6 Å². The standard InChI is InChI=1S/C14H11FN2O3S3/c1-8-6-21-13(16-8)17-11(7-22-14(17)18)9-3-4-12(10(15)5-9)23(2,19)20/h3-7H,1-2H3. The molecule has 0 saturated heterocycles. The van der Waals surface area contributed by atoms with Crippen molar-refractivity contribution in [1.29, 1.82) is 0 Å². The summed E-state index contributed by atoms with van der Waals surface area (Å²) in [5.74, 6) is -0.842. The van der Waals surface area contributed by atoms with Gasteiger partial charge in [0.1, 0.15) is 10.7 Å². The fourth-order valence-corrected chi connectivity index (χ4v) is 4.44. The molecule has 0 aliphatic heterocycles. The van der Waals surface area contributed by atoms with Crippen LogP contribution in [0.15, 0.2) is 38.6 Å². The normalized spacial score (nSPS) is 11.8. The van der Waals surface area contributed by atoms with Crippen molar-refractivity contribution >= 4 is 32.5 Å². The van der Waals surface area contributed by atoms with Gasteiger partial charge in [0.05, 0.1) is 11.4 Å². The van der Waals surface area contributed by atoms with Gasteiger partial charge in [0.2, 0.25) is 0 Å². The average Bonchev–Trinajstić information content (AvgIpc) is 3.03. The molecule has 0 atom stereocenters. The third-order valence-electron chi connectivity index (χ3n) is 3.12. The monoisotopic (exact) mass is 370 g/mol. The first kappa shape index (κ1) is 16.0. The summed E-state index contributed by atoms with van der Waals surface area (Å²) in [6.45, 7) is 1.82. The topological polar surface area (TPSA) is 69.0 Å². The predicted octanol–water partition coefficient (Wildman–Crippen LogP) is 2.87. The number of hydrogen-bond acceptors (Lipinski definition) is 6. The number of sulfone groups is 1. The van der Waals surface area contributed by atoms with Crippen molar-refractivity contribution in [3.05, 3.63) is 50.1 Å². The minimum atomic E-state index is -3.64. The predicted molar refractivity (Wildman–Crippen MR) is 88.8 cm³/mol. The van der Waals surface area contributed by atoms with E-state index in [1.807, 2.05) is 12.3 Å². The van der Waals surface area contributed by atoms with Crippen molar-refractivity contribution in [2.75, 3.05) is 6.26 Å². The Balaban J connectivity index is 2.18. The van der Waals surface area contributed by atoms with Crippen LogP contribution in [0.1, 0.15) is 5.69 Å². The second-order valence-electron chi connectivity index (χ2n) is 4.91. The van der Waals surface area contributed by atoms with Crippen molar-refractivity contribution < 1.29 is 12.8 Å². The fourth-order valence-electron chi connectivity index (χ4n) is 2.09. The van der Waals surface area contributed by atoms with E-state index in [0.717, 1.165) is 29.4 Å². The SMILES string of the molecule is Cc1csc(-n2c(-c3ccc(S(C)(=O)=O)c(F)c3)csc2=O)n1. The molecular formula is C14H11FN2O3S3. The van der Waals surface area contributed by atoms with E-state index >= 15 is 0 Å². The van der Waals surface area contributed by atoms with Gasteiger partial charge in [-0.15, -0.1) is 11.3 Å². The van der Waals surface area contributed by atoms with Crippen LogP contribution in [0.5, 0.6) is 0 Å². The first-order chi connectivity index (χ1) is 10.8. The third kappa shape index (κ3) is 2.99. The molecule has 120 valence electrons. The van der Waals surface area contributed by atoms with Crippen LogP contribution in [0.25, 0.3) is 16.4 Å². The van der Waals surface area contributed by atoms with Crippen LogP contribution in [-0.4, -0.2) is 24.2 Å². The van der Waals surface area contributed by atoms with Crippen LogP contribution >= 0.6 is 22.7 Å². The molecule has 2 aromatic heterocycles. The molecule has 3 rings (SSSR count). The van der Waals surface area contributed by atoms with Crippen molar-refractivity contribution in [3.63, 3.8) is 0 Å². The molecule has 1 aromatic carbocycles. The molecule has 0 bridgehead atoms. The zero-order valence-corrected chi connectivity index (χ0v) is 14.6. The zero-order chi connectivity index (χ0) is 16.8. The molecule has 0 N–H and O–H groups in total. The third-order valence-corrected chi connectivity index (χ3v) is 5.92. The van der Waals surface area contributed by atoms with Gasteiger partial charge in [-0.25, -0.2) is 22.4 Å². The van der Waals surface area contributed by atoms with E-state index < -0.39 is 15.7 Å². The molecule has 23 heavy (non-hydrogen) atoms. The number of hydrogen-bond donors (Lipinski definition) is 0. The minimum Gasteiger partial charge on any atom is -0.256 e. The highest BCUT2D eigenvalue weighted by atomic mass is 32.2. The Morgan fingerprint density at radius 3 is 2.52 bits per heavy atom. The van der Waals surface area contributed by atoms with Crippen LogP contribution < -0.4 is 4.87 Å². The zero-order valence-electron chi connectivity index (χ0n) is 12.1. The molecule has 2 heterocycles. The van der Waals surface area contributed by atoms with Crippen molar-refractivity contribution in [2.45, 2.75) is 11.8 Å². The second-order valence-corrected chi connectivity index (χ2v) is 8.55. The summed E-state index contributed by atoms with van der Waals surface area (Å²) in [5, 5.41) is 3.92. The van der Waals surface area contributed by atoms with Crippen molar-refractivity contribution in [3.8, 4) is 16.4 Å². The van der Waals surface area contributed by atoms with Gasteiger partial charge < -0.3 is 0 Å². The number of benzene rings is 1. The fraction of sp³-hybridized carbons (Fsp3) is 0.143. The number of aromatic nitrogens is 2. The number of rotatable bonds is 3. The molecule has 0 unspecified atom stereocenters. The maximum absolute atomic E-state index is 14.1. The maximum Gasteiger partial charge on any atom is 0.313 e. The van der Waals surface area contributed by atoms with E-state index in [0.29, 0.717) is 16.4 Å². The second kappa shape index (κ2) is 5.66. The maximum atomic E-state index is 14.1. The van der Waals surface area contributed by atoms with Crippen LogP contribution in [0, 0.1) is 12.7 Å². The molecule has 0 aliphatic rings. The Bertz CT molecular complexity index is 1050. The Kier molecular flexibility index (Phi) is 3.95. The molecule has 9 heteroatoms. The molecular weight excluding hydrogens is 359 g/mol. The van der Waals surface area contributed by atoms with Gasteiger partial charge in [0.25, 0.3) is 0 Å². The number of nitrogens with zero attached hydrogens (tertiary/aromatic N) is 2. The molecule has 0 aliphatic carbocycles. The van der Waals surface area contributed by atoms with Crippen LogP contribution in [-0.2, 0) is 9.84 Å². The van der Waals surface area contributed by atoms with Gasteiger partial charge in [-0.1, -0.05) is 17.4 Å². The van der Waals surface area contributed by atoms with Crippen molar-refractivity contribution in [2.24, 2.45) is 0 Å². The van der Waals surface area contributed by atoms with Crippen LogP contribution in [0.2, 0.25) is 0 Å². The smallest absolute Gasteiger partial charge is 0.256 e. The first-order valence-electron chi connectivity index (χ1n) is 6.40. The molecule has 0 amide bonds. The first-order valence-corrected chi connectivity index (χ1v) is 10.1. The summed E-state index contributed by atoms with van der Waals surface area (Å²) in [6.07, 6.45) is 0.948. The Hall–Kier alpha value is -1.84. The number of thiazole rings is 2. The lowest BCUT2D eigenvalue weighted by atomic mass is 10.1. The summed E-state index contributed by atoms with van der Waals surface area (Å²) in [6, 6.07) is 3.81. The summed E-state index contributed by atoms with van der Waals surface area (Å²) in [4.78, 5) is 15.8.